The number of likely N-dealkylation sites (tertiary alicyclic amines) is 1. The Kier molecular flexibility index (Phi) is 48.4. The molecule has 0 radical (unpaired) electrons. The van der Waals surface area contributed by atoms with E-state index in [1.807, 2.05) is 37.6 Å². The fourth-order valence-electron chi connectivity index (χ4n) is 6.10. The molecule has 1 heterocycles. The van der Waals surface area contributed by atoms with Gasteiger partial charge in [-0.2, -0.15) is 11.8 Å². The summed E-state index contributed by atoms with van der Waals surface area (Å²) in [5, 5.41) is 51.7. The molecule has 1 saturated heterocycles. The van der Waals surface area contributed by atoms with E-state index >= 15 is 0 Å². The molecule has 1 aliphatic carbocycles. The standard InChI is InChI=1S/C25H36N4O6S.C18H30N6O8.C3H8.2C2H4O2.C2H6/c1-4-35-16-18-9-11-19(12-10-18)28-24(33)17(2)27-22(31)15-26-21(30)8-6-5-7-13-29-23(32)14-20(36-3)25(29)34;1-10(2)20-5-3-4-11(23-13(25)7-19)17(31)21-8-14(26)24-12(6-15(27)28)18(32)22-9-16(29)30;1-3-2;2*1-2(3)4;1-2/h4,9,11,17,20H,1,5-8,10,12-16H2,2-3H3,(H,26,30)(H,27,31)(H,28,33);11-12,20H,1,3-9,19H2,2H3,(H,21,31)(H,22,32)(H,23,25)(H,24,26)(H,27,28)(H,29,30);3H2,1-2H3;2*1H3,(H,3,4);1-2H3. The van der Waals surface area contributed by atoms with Gasteiger partial charge in [0.1, 0.15) is 31.3 Å². The number of unbranched alkanes of at least 4 members (excludes halogenated alkanes) is 2. The molecule has 14 N–H and O–H groups in total. The second-order valence-corrected chi connectivity index (χ2v) is 18.2. The largest absolute Gasteiger partial charge is 0.497 e. The zero-order chi connectivity index (χ0) is 63.0. The molecule has 460 valence electrons. The van der Waals surface area contributed by atoms with Gasteiger partial charge in [0.05, 0.1) is 37.6 Å². The number of allylic oxidation sites excluding steroid dienone is 4. The third-order valence-corrected chi connectivity index (χ3v) is 10.6. The number of nitrogens with two attached hydrogens (primary N) is 1. The number of thioether (sulfide) groups is 1. The molecule has 2 aliphatic rings. The van der Waals surface area contributed by atoms with Gasteiger partial charge >= 0.3 is 11.9 Å². The molecule has 9 amide bonds. The van der Waals surface area contributed by atoms with E-state index < -0.39 is 91.0 Å². The first-order chi connectivity index (χ1) is 38.1. The number of imide groups is 1. The maximum absolute atomic E-state index is 12.4. The second kappa shape index (κ2) is 49.2. The van der Waals surface area contributed by atoms with Crippen molar-refractivity contribution in [3.05, 3.63) is 48.5 Å². The first kappa shape index (κ1) is 79.7. The molecule has 0 bridgehead atoms. The summed E-state index contributed by atoms with van der Waals surface area (Å²) in [6.07, 6.45) is 11.9. The summed E-state index contributed by atoms with van der Waals surface area (Å²) in [5.74, 6) is -8.89. The van der Waals surface area contributed by atoms with Crippen molar-refractivity contribution < 1.29 is 87.5 Å². The minimum atomic E-state index is -1.54. The summed E-state index contributed by atoms with van der Waals surface area (Å²) in [6, 6.07) is -3.27. The number of hydrogen-bond acceptors (Lipinski definition) is 17. The number of carbonyl (C=O) groups is 13. The van der Waals surface area contributed by atoms with Gasteiger partial charge in [0, 0.05) is 51.2 Å². The van der Waals surface area contributed by atoms with Gasteiger partial charge in [-0.15, -0.1) is 0 Å². The van der Waals surface area contributed by atoms with Crippen LogP contribution in [-0.4, -0.2) is 178 Å². The van der Waals surface area contributed by atoms with Crippen LogP contribution in [0.25, 0.3) is 0 Å². The van der Waals surface area contributed by atoms with Crippen LogP contribution in [0, 0.1) is 0 Å². The average Bonchev–Trinajstić information content (AvgIpc) is 3.68. The van der Waals surface area contributed by atoms with E-state index in [-0.39, 0.29) is 61.2 Å². The third kappa shape index (κ3) is 45.7. The number of amides is 9. The SMILES string of the molecule is C=C(C)NCCCC(NC(=O)CN)C(=O)NCC(=O)NC(CC(=O)O)C(=O)NCC(=O)O.C=COCC1=CC=C(NC(=O)C(C)NC(=O)CNC(=O)CCCCCN2C(=O)CC(SC)C2=O)CC1.CC.CC(=O)O.CC(=O)O.CCC. The quantitative estimate of drug-likeness (QED) is 0.0259. The Labute approximate surface area is 478 Å². The molecule has 28 nitrogen and oxygen atoms in total. The van der Waals surface area contributed by atoms with Gasteiger partial charge in [-0.3, -0.25) is 67.2 Å². The normalized spacial score (nSPS) is 13.7. The molecule has 1 fully saturated rings. The highest BCUT2D eigenvalue weighted by atomic mass is 32.2. The molecule has 81 heavy (non-hydrogen) atoms. The first-order valence-corrected chi connectivity index (χ1v) is 27.3. The van der Waals surface area contributed by atoms with E-state index in [9.17, 15) is 52.7 Å². The van der Waals surface area contributed by atoms with Gasteiger partial charge in [-0.05, 0) is 70.3 Å². The number of nitrogens with one attached hydrogen (secondary N) is 8. The monoisotopic (exact) mass is 1170 g/mol. The van der Waals surface area contributed by atoms with Crippen molar-refractivity contribution in [1.82, 2.24) is 47.4 Å². The number of hydrogen-bond donors (Lipinski definition) is 13. The minimum absolute atomic E-state index is 0.130. The highest BCUT2D eigenvalue weighted by Crippen LogP contribution is 2.23. The van der Waals surface area contributed by atoms with Crippen LogP contribution in [0.1, 0.15) is 126 Å². The number of carboxylic acid groups (broad SMARTS) is 4. The third-order valence-electron chi connectivity index (χ3n) is 9.70. The van der Waals surface area contributed by atoms with E-state index in [0.717, 1.165) is 37.2 Å². The molecule has 0 spiro atoms. The Bertz CT molecular complexity index is 2120. The summed E-state index contributed by atoms with van der Waals surface area (Å²) >= 11 is 1.39. The zero-order valence-corrected chi connectivity index (χ0v) is 48.9. The fourth-order valence-corrected chi connectivity index (χ4v) is 6.74. The summed E-state index contributed by atoms with van der Waals surface area (Å²) in [7, 11) is 0. The molecule has 0 aromatic carbocycles. The predicted octanol–water partition coefficient (Wildman–Crippen LogP) is 0.773. The number of aliphatic carboxylic acids is 4. The molecule has 0 saturated carbocycles. The number of carboxylic acids is 4. The van der Waals surface area contributed by atoms with Crippen molar-refractivity contribution in [3.8, 4) is 0 Å². The average molecular weight is 1170 g/mol. The highest BCUT2D eigenvalue weighted by Gasteiger charge is 2.37. The van der Waals surface area contributed by atoms with Crippen LogP contribution in [-0.2, 0) is 67.1 Å². The van der Waals surface area contributed by atoms with E-state index in [0.29, 0.717) is 51.8 Å². The van der Waals surface area contributed by atoms with Crippen LogP contribution in [0.4, 0.5) is 0 Å². The zero-order valence-electron chi connectivity index (χ0n) is 48.1. The Balaban J connectivity index is -0.000000605. The van der Waals surface area contributed by atoms with Crippen molar-refractivity contribution in [3.63, 3.8) is 0 Å². The molecular formula is C52H88N10O18S. The topological polar surface area (TPSA) is 438 Å². The lowest BCUT2D eigenvalue weighted by Crippen LogP contribution is -2.53. The molecule has 4 atom stereocenters. The lowest BCUT2D eigenvalue weighted by Gasteiger charge is -2.19. The van der Waals surface area contributed by atoms with Gasteiger partial charge < -0.3 is 73.4 Å². The first-order valence-electron chi connectivity index (χ1n) is 26.0. The highest BCUT2D eigenvalue weighted by molar-refractivity contribution is 8.00. The lowest BCUT2D eigenvalue weighted by molar-refractivity contribution is -0.141. The molecule has 2 rings (SSSR count). The van der Waals surface area contributed by atoms with Crippen LogP contribution in [0.3, 0.4) is 0 Å². The lowest BCUT2D eigenvalue weighted by atomic mass is 10.0. The molecule has 0 aromatic rings. The Morgan fingerprint density at radius 3 is 1.78 bits per heavy atom. The summed E-state index contributed by atoms with van der Waals surface area (Å²) in [4.78, 5) is 149. The van der Waals surface area contributed by atoms with Gasteiger partial charge in [0.25, 0.3) is 11.9 Å². The Hall–Kier alpha value is -7.82. The van der Waals surface area contributed by atoms with Crippen LogP contribution < -0.4 is 48.3 Å². The Morgan fingerprint density at radius 1 is 0.741 bits per heavy atom. The number of rotatable bonds is 31. The second-order valence-electron chi connectivity index (χ2n) is 17.1. The van der Waals surface area contributed by atoms with E-state index in [1.54, 1.807) is 13.8 Å². The molecule has 1 aliphatic heterocycles. The van der Waals surface area contributed by atoms with Crippen molar-refractivity contribution in [1.29, 1.82) is 0 Å². The molecule has 29 heteroatoms. The molecule has 4 unspecified atom stereocenters. The van der Waals surface area contributed by atoms with E-state index in [1.165, 1.54) is 29.3 Å². The van der Waals surface area contributed by atoms with Crippen molar-refractivity contribution in [2.45, 2.75) is 149 Å². The summed E-state index contributed by atoms with van der Waals surface area (Å²) in [6.45, 7) is 20.4. The summed E-state index contributed by atoms with van der Waals surface area (Å²) < 4.78 is 5.15. The Morgan fingerprint density at radius 2 is 1.28 bits per heavy atom. The van der Waals surface area contributed by atoms with Gasteiger partial charge in [0.15, 0.2) is 0 Å². The van der Waals surface area contributed by atoms with Crippen LogP contribution in [0.2, 0.25) is 0 Å². The molecule has 0 aromatic heterocycles. The smallest absolute Gasteiger partial charge is 0.322 e. The van der Waals surface area contributed by atoms with E-state index in [4.69, 9.17) is 40.5 Å². The van der Waals surface area contributed by atoms with Gasteiger partial charge in [0.2, 0.25) is 53.2 Å². The van der Waals surface area contributed by atoms with Crippen molar-refractivity contribution >= 4 is 88.8 Å². The fraction of sp³-hybridized carbons (Fsp3) is 0.596. The predicted molar refractivity (Wildman–Crippen MR) is 302 cm³/mol. The summed E-state index contributed by atoms with van der Waals surface area (Å²) in [5.41, 5.74) is 7.85. The molecular weight excluding hydrogens is 1080 g/mol. The number of nitrogens with zero attached hydrogens (tertiary/aromatic N) is 1. The maximum Gasteiger partial charge on any atom is 0.322 e. The maximum atomic E-state index is 12.4. The number of ether oxygens (including phenoxy) is 1. The van der Waals surface area contributed by atoms with E-state index in [2.05, 4.69) is 64.2 Å². The van der Waals surface area contributed by atoms with Gasteiger partial charge in [-0.1, -0.05) is 59.8 Å². The minimum Gasteiger partial charge on any atom is -0.497 e. The van der Waals surface area contributed by atoms with Crippen LogP contribution in [0.5, 0.6) is 0 Å². The van der Waals surface area contributed by atoms with Crippen molar-refractivity contribution in [2.24, 2.45) is 5.73 Å². The number of carbonyl (C=O) groups excluding carboxylic acids is 9. The van der Waals surface area contributed by atoms with Gasteiger partial charge in [-0.25, -0.2) is 0 Å². The van der Waals surface area contributed by atoms with Crippen molar-refractivity contribution in [2.75, 3.05) is 52.1 Å². The van der Waals surface area contributed by atoms with Crippen LogP contribution in [0.15, 0.2) is 48.5 Å². The van der Waals surface area contributed by atoms with Crippen LogP contribution >= 0.6 is 11.8 Å².